The Labute approximate surface area is 164 Å². The Morgan fingerprint density at radius 3 is 2.85 bits per heavy atom. The van der Waals surface area contributed by atoms with E-state index in [4.69, 9.17) is 14.3 Å². The molecule has 0 radical (unpaired) electrons. The van der Waals surface area contributed by atoms with Crippen molar-refractivity contribution in [1.29, 1.82) is 0 Å². The summed E-state index contributed by atoms with van der Waals surface area (Å²) >= 11 is 4.18. The van der Waals surface area contributed by atoms with E-state index >= 15 is 0 Å². The summed E-state index contributed by atoms with van der Waals surface area (Å²) in [6.45, 7) is 0. The molecule has 3 aromatic rings. The molecule has 10 nitrogen and oxygen atoms in total. The second kappa shape index (κ2) is 7.42. The van der Waals surface area contributed by atoms with Crippen molar-refractivity contribution in [2.45, 2.75) is 24.9 Å². The lowest BCUT2D eigenvalue weighted by molar-refractivity contribution is 0.306. The average Bonchev–Trinajstić information content (AvgIpc) is 3.22. The van der Waals surface area contributed by atoms with Crippen LogP contribution in [0.25, 0.3) is 17.2 Å². The number of halogens is 2. The van der Waals surface area contributed by atoms with Crippen LogP contribution in [0.2, 0.25) is 0 Å². The van der Waals surface area contributed by atoms with Crippen LogP contribution < -0.4 is 20.9 Å². The molecule has 1 fully saturated rings. The van der Waals surface area contributed by atoms with E-state index in [9.17, 15) is 9.18 Å². The SMILES string of the molecule is NSNC1CC(Nc2nonc2-c2noc(=O)n2-c2ccc(F)c(Br)c2)C1. The normalized spacial score (nSPS) is 19.1. The molecule has 0 bridgehead atoms. The summed E-state index contributed by atoms with van der Waals surface area (Å²) in [5, 5.41) is 20.0. The lowest BCUT2D eigenvalue weighted by Gasteiger charge is -2.35. The van der Waals surface area contributed by atoms with Crippen LogP contribution in [0.1, 0.15) is 12.8 Å². The highest BCUT2D eigenvalue weighted by atomic mass is 79.9. The number of nitrogens with two attached hydrogens (primary N) is 1. The smallest absolute Gasteiger partial charge is 0.362 e. The van der Waals surface area contributed by atoms with Gasteiger partial charge in [0, 0.05) is 24.2 Å². The zero-order chi connectivity index (χ0) is 19.0. The molecule has 0 saturated heterocycles. The molecule has 1 aromatic carbocycles. The maximum atomic E-state index is 13.5. The van der Waals surface area contributed by atoms with E-state index in [0.717, 1.165) is 29.5 Å². The van der Waals surface area contributed by atoms with E-state index in [0.29, 0.717) is 17.5 Å². The first-order chi connectivity index (χ1) is 13.1. The third-order valence-corrected chi connectivity index (χ3v) is 5.26. The minimum absolute atomic E-state index is 0.0915. The van der Waals surface area contributed by atoms with Gasteiger partial charge < -0.3 is 5.32 Å². The third-order valence-electron chi connectivity index (χ3n) is 4.18. The average molecular weight is 458 g/mol. The maximum absolute atomic E-state index is 13.5. The van der Waals surface area contributed by atoms with Gasteiger partial charge in [-0.25, -0.2) is 23.1 Å². The zero-order valence-electron chi connectivity index (χ0n) is 13.6. The number of aromatic nitrogens is 4. The van der Waals surface area contributed by atoms with E-state index < -0.39 is 11.6 Å². The minimum atomic E-state index is -0.745. The lowest BCUT2D eigenvalue weighted by Crippen LogP contribution is -2.45. The van der Waals surface area contributed by atoms with Crippen molar-refractivity contribution >= 4 is 33.9 Å². The molecule has 0 amide bonds. The molecular weight excluding hydrogens is 445 g/mol. The molecule has 4 rings (SSSR count). The zero-order valence-corrected chi connectivity index (χ0v) is 16.0. The van der Waals surface area contributed by atoms with E-state index in [1.54, 1.807) is 0 Å². The van der Waals surface area contributed by atoms with Crippen LogP contribution in [-0.4, -0.2) is 32.1 Å². The van der Waals surface area contributed by atoms with Gasteiger partial charge in [-0.15, -0.1) is 0 Å². The van der Waals surface area contributed by atoms with Gasteiger partial charge in [-0.2, -0.15) is 0 Å². The highest BCUT2D eigenvalue weighted by Gasteiger charge is 2.31. The van der Waals surface area contributed by atoms with Crippen LogP contribution in [0.15, 0.2) is 36.6 Å². The molecule has 13 heteroatoms. The van der Waals surface area contributed by atoms with E-state index in [1.807, 2.05) is 0 Å². The summed E-state index contributed by atoms with van der Waals surface area (Å²) < 4.78 is 27.5. The highest BCUT2D eigenvalue weighted by Crippen LogP contribution is 2.30. The summed E-state index contributed by atoms with van der Waals surface area (Å²) in [6.07, 6.45) is 1.68. The van der Waals surface area contributed by atoms with Gasteiger partial charge in [0.25, 0.3) is 0 Å². The van der Waals surface area contributed by atoms with Gasteiger partial charge in [-0.3, -0.25) is 9.66 Å². The lowest BCUT2D eigenvalue weighted by atomic mass is 9.87. The van der Waals surface area contributed by atoms with Gasteiger partial charge in [-0.1, -0.05) is 5.16 Å². The summed E-state index contributed by atoms with van der Waals surface area (Å²) in [7, 11) is 0. The fourth-order valence-electron chi connectivity index (χ4n) is 2.80. The van der Waals surface area contributed by atoms with Gasteiger partial charge in [0.05, 0.1) is 10.2 Å². The van der Waals surface area contributed by atoms with Crippen LogP contribution in [0.5, 0.6) is 0 Å². The second-order valence-electron chi connectivity index (χ2n) is 5.91. The fourth-order valence-corrected chi connectivity index (χ4v) is 3.55. The molecule has 0 spiro atoms. The van der Waals surface area contributed by atoms with Crippen molar-refractivity contribution in [3.8, 4) is 17.2 Å². The predicted molar refractivity (Wildman–Crippen MR) is 98.4 cm³/mol. The summed E-state index contributed by atoms with van der Waals surface area (Å²) in [6, 6.07) is 4.54. The Morgan fingerprint density at radius 2 is 2.11 bits per heavy atom. The molecule has 1 aliphatic carbocycles. The quantitative estimate of drug-likeness (QED) is 0.469. The number of anilines is 1. The molecule has 1 saturated carbocycles. The van der Waals surface area contributed by atoms with Gasteiger partial charge in [0.1, 0.15) is 5.82 Å². The fraction of sp³-hybridized carbons (Fsp3) is 0.286. The molecule has 2 heterocycles. The van der Waals surface area contributed by atoms with Crippen molar-refractivity contribution in [3.63, 3.8) is 0 Å². The molecule has 4 N–H and O–H groups in total. The Balaban J connectivity index is 1.63. The van der Waals surface area contributed by atoms with Crippen molar-refractivity contribution < 1.29 is 13.5 Å². The van der Waals surface area contributed by atoms with Gasteiger partial charge in [-0.05, 0) is 57.3 Å². The van der Waals surface area contributed by atoms with Crippen molar-refractivity contribution in [1.82, 2.24) is 24.8 Å². The molecular formula is C14H13BrFN7O3S. The minimum Gasteiger partial charge on any atom is -0.362 e. The van der Waals surface area contributed by atoms with Crippen LogP contribution in [0, 0.1) is 5.82 Å². The molecule has 0 unspecified atom stereocenters. The van der Waals surface area contributed by atoms with Gasteiger partial charge >= 0.3 is 5.76 Å². The number of rotatable bonds is 6. The number of nitrogens with zero attached hydrogens (tertiary/aromatic N) is 4. The molecule has 142 valence electrons. The molecule has 1 aliphatic rings. The Kier molecular flexibility index (Phi) is 4.99. The Bertz CT molecular complexity index is 1020. The predicted octanol–water partition coefficient (Wildman–Crippen LogP) is 1.83. The second-order valence-corrected chi connectivity index (χ2v) is 7.24. The standard InChI is InChI=1S/C14H13BrFN7O3S/c15-9-5-8(1-2-10(9)16)23-13(21-25-14(23)24)11-12(20-26-19-11)18-6-3-7(4-6)22-27-17/h1-2,5-7,22H,3-4,17H2,(H,18,20). The number of hydrogen-bond donors (Lipinski definition) is 3. The number of benzene rings is 1. The van der Waals surface area contributed by atoms with Gasteiger partial charge in [0.2, 0.25) is 11.6 Å². The topological polar surface area (TPSA) is 137 Å². The monoisotopic (exact) mass is 457 g/mol. The summed E-state index contributed by atoms with van der Waals surface area (Å²) in [4.78, 5) is 12.2. The van der Waals surface area contributed by atoms with Crippen molar-refractivity contribution in [3.05, 3.63) is 39.0 Å². The summed E-state index contributed by atoms with van der Waals surface area (Å²) in [5.74, 6) is -0.778. The van der Waals surface area contributed by atoms with Crippen LogP contribution in [0.3, 0.4) is 0 Å². The van der Waals surface area contributed by atoms with Crippen molar-refractivity contribution in [2.24, 2.45) is 5.14 Å². The first-order valence-corrected chi connectivity index (χ1v) is 9.49. The molecule has 0 aliphatic heterocycles. The largest absolute Gasteiger partial charge is 0.446 e. The molecule has 2 aromatic heterocycles. The summed E-state index contributed by atoms with van der Waals surface area (Å²) in [5.41, 5.74) is 0.567. The van der Waals surface area contributed by atoms with E-state index in [-0.39, 0.29) is 22.0 Å². The van der Waals surface area contributed by atoms with Crippen molar-refractivity contribution in [2.75, 3.05) is 5.32 Å². The number of hydrogen-bond acceptors (Lipinski definition) is 10. The van der Waals surface area contributed by atoms with Crippen LogP contribution in [0.4, 0.5) is 10.2 Å². The van der Waals surface area contributed by atoms with Crippen LogP contribution in [-0.2, 0) is 0 Å². The molecule has 0 atom stereocenters. The van der Waals surface area contributed by atoms with Crippen LogP contribution >= 0.6 is 28.1 Å². The maximum Gasteiger partial charge on any atom is 0.446 e. The molecule has 27 heavy (non-hydrogen) atoms. The Morgan fingerprint density at radius 1 is 1.30 bits per heavy atom. The first kappa shape index (κ1) is 18.2. The first-order valence-electron chi connectivity index (χ1n) is 7.81. The Hall–Kier alpha value is -2.22. The third kappa shape index (κ3) is 3.50. The highest BCUT2D eigenvalue weighted by molar-refractivity contribution is 9.10. The van der Waals surface area contributed by atoms with E-state index in [1.165, 1.54) is 18.2 Å². The van der Waals surface area contributed by atoms with E-state index in [2.05, 4.69) is 41.4 Å². The van der Waals surface area contributed by atoms with Gasteiger partial charge in [0.15, 0.2) is 5.69 Å². The number of nitrogens with one attached hydrogen (secondary N) is 2.